The molecule has 1 unspecified atom stereocenters. The molecule has 2 aromatic rings. The standard InChI is InChI=1S/C20H20BrN3O3/c1-3-27-20(26)17-12-18(24(23-17)15-7-5-4-6-8-15)19(25)22-16-10-9-14(21)11-13(16)2/h4-11,18H,3,12H2,1-2H3,(H,22,25). The van der Waals surface area contributed by atoms with Crippen LogP contribution in [0.1, 0.15) is 18.9 Å². The van der Waals surface area contributed by atoms with Crippen molar-refractivity contribution in [2.75, 3.05) is 16.9 Å². The third-order valence-electron chi connectivity index (χ3n) is 4.19. The van der Waals surface area contributed by atoms with Gasteiger partial charge in [-0.1, -0.05) is 34.1 Å². The van der Waals surface area contributed by atoms with E-state index in [1.54, 1.807) is 11.9 Å². The smallest absolute Gasteiger partial charge is 0.354 e. The third kappa shape index (κ3) is 4.36. The fourth-order valence-corrected chi connectivity index (χ4v) is 3.33. The number of nitrogens with zero attached hydrogens (tertiary/aromatic N) is 2. The maximum absolute atomic E-state index is 13.0. The largest absolute Gasteiger partial charge is 0.461 e. The number of halogens is 1. The highest BCUT2D eigenvalue weighted by Crippen LogP contribution is 2.27. The Morgan fingerprint density at radius 2 is 2.00 bits per heavy atom. The normalized spacial score (nSPS) is 16.0. The van der Waals surface area contributed by atoms with Gasteiger partial charge >= 0.3 is 5.97 Å². The van der Waals surface area contributed by atoms with Crippen LogP contribution in [0.3, 0.4) is 0 Å². The van der Waals surface area contributed by atoms with E-state index in [2.05, 4.69) is 26.3 Å². The first-order valence-electron chi connectivity index (χ1n) is 8.65. The van der Waals surface area contributed by atoms with Crippen molar-refractivity contribution in [3.63, 3.8) is 0 Å². The van der Waals surface area contributed by atoms with E-state index in [4.69, 9.17) is 4.74 Å². The molecule has 1 N–H and O–H groups in total. The highest BCUT2D eigenvalue weighted by atomic mass is 79.9. The van der Waals surface area contributed by atoms with Crippen molar-refractivity contribution < 1.29 is 14.3 Å². The molecule has 1 heterocycles. The van der Waals surface area contributed by atoms with E-state index in [0.29, 0.717) is 0 Å². The maximum atomic E-state index is 13.0. The van der Waals surface area contributed by atoms with Crippen molar-refractivity contribution in [2.45, 2.75) is 26.3 Å². The Morgan fingerprint density at radius 3 is 2.67 bits per heavy atom. The van der Waals surface area contributed by atoms with Gasteiger partial charge in [-0.3, -0.25) is 9.80 Å². The lowest BCUT2D eigenvalue weighted by molar-refractivity contribution is -0.135. The van der Waals surface area contributed by atoms with E-state index in [-0.39, 0.29) is 24.6 Å². The summed E-state index contributed by atoms with van der Waals surface area (Å²) in [7, 11) is 0. The lowest BCUT2D eigenvalue weighted by Gasteiger charge is -2.23. The number of hydrogen-bond donors (Lipinski definition) is 1. The number of nitrogens with one attached hydrogen (secondary N) is 1. The molecule has 0 saturated carbocycles. The van der Waals surface area contributed by atoms with Gasteiger partial charge in [-0.25, -0.2) is 4.79 Å². The summed E-state index contributed by atoms with van der Waals surface area (Å²) < 4.78 is 6.00. The molecular formula is C20H20BrN3O3. The van der Waals surface area contributed by atoms with E-state index < -0.39 is 12.0 Å². The van der Waals surface area contributed by atoms with Gasteiger partial charge in [-0.2, -0.15) is 5.10 Å². The molecule has 0 saturated heterocycles. The number of hydrazone groups is 1. The van der Waals surface area contributed by atoms with E-state index in [9.17, 15) is 9.59 Å². The number of amides is 1. The minimum Gasteiger partial charge on any atom is -0.461 e. The van der Waals surface area contributed by atoms with Crippen LogP contribution in [0.4, 0.5) is 11.4 Å². The molecule has 0 bridgehead atoms. The first kappa shape index (κ1) is 19.1. The molecule has 6 nitrogen and oxygen atoms in total. The molecule has 27 heavy (non-hydrogen) atoms. The van der Waals surface area contributed by atoms with Crippen LogP contribution in [0.25, 0.3) is 0 Å². The molecule has 2 aromatic carbocycles. The van der Waals surface area contributed by atoms with Crippen LogP contribution in [0.15, 0.2) is 58.1 Å². The summed E-state index contributed by atoms with van der Waals surface area (Å²) in [6.07, 6.45) is 0.190. The van der Waals surface area contributed by atoms with Crippen LogP contribution in [-0.2, 0) is 14.3 Å². The number of carbonyl (C=O) groups excluding carboxylic acids is 2. The monoisotopic (exact) mass is 429 g/mol. The molecule has 1 amide bonds. The molecule has 0 aromatic heterocycles. The minimum absolute atomic E-state index is 0.190. The van der Waals surface area contributed by atoms with Crippen molar-refractivity contribution in [1.82, 2.24) is 0 Å². The van der Waals surface area contributed by atoms with E-state index in [0.717, 1.165) is 21.4 Å². The van der Waals surface area contributed by atoms with Crippen molar-refractivity contribution in [3.8, 4) is 0 Å². The zero-order valence-electron chi connectivity index (χ0n) is 15.1. The molecule has 7 heteroatoms. The van der Waals surface area contributed by atoms with Crippen molar-refractivity contribution >= 4 is 44.9 Å². The van der Waals surface area contributed by atoms with Crippen molar-refractivity contribution in [1.29, 1.82) is 0 Å². The first-order valence-corrected chi connectivity index (χ1v) is 9.44. The Kier molecular flexibility index (Phi) is 5.91. The Hall–Kier alpha value is -2.67. The van der Waals surface area contributed by atoms with E-state index in [1.807, 2.05) is 55.5 Å². The maximum Gasteiger partial charge on any atom is 0.354 e. The molecule has 140 valence electrons. The number of rotatable bonds is 5. The number of aryl methyl sites for hydroxylation is 1. The molecular weight excluding hydrogens is 410 g/mol. The van der Waals surface area contributed by atoms with Gasteiger partial charge in [0.2, 0.25) is 5.91 Å². The van der Waals surface area contributed by atoms with Gasteiger partial charge in [-0.05, 0) is 49.7 Å². The molecule has 1 atom stereocenters. The number of carbonyl (C=O) groups is 2. The SMILES string of the molecule is CCOC(=O)C1=NN(c2ccccc2)C(C(=O)Nc2ccc(Br)cc2C)C1. The second kappa shape index (κ2) is 8.35. The van der Waals surface area contributed by atoms with Gasteiger partial charge in [0, 0.05) is 16.6 Å². The topological polar surface area (TPSA) is 71.0 Å². The van der Waals surface area contributed by atoms with Gasteiger partial charge in [0.15, 0.2) is 0 Å². The van der Waals surface area contributed by atoms with Gasteiger partial charge in [0.05, 0.1) is 12.3 Å². The Morgan fingerprint density at radius 1 is 1.26 bits per heavy atom. The lowest BCUT2D eigenvalue weighted by atomic mass is 10.1. The van der Waals surface area contributed by atoms with Crippen LogP contribution in [0, 0.1) is 6.92 Å². The van der Waals surface area contributed by atoms with Crippen LogP contribution >= 0.6 is 15.9 Å². The number of para-hydroxylation sites is 1. The average molecular weight is 430 g/mol. The number of ether oxygens (including phenoxy) is 1. The van der Waals surface area contributed by atoms with Crippen LogP contribution < -0.4 is 10.3 Å². The van der Waals surface area contributed by atoms with Crippen LogP contribution in [0.5, 0.6) is 0 Å². The van der Waals surface area contributed by atoms with Gasteiger partial charge in [0.1, 0.15) is 11.8 Å². The lowest BCUT2D eigenvalue weighted by Crippen LogP contribution is -2.39. The quantitative estimate of drug-likeness (QED) is 0.731. The summed E-state index contributed by atoms with van der Waals surface area (Å²) >= 11 is 3.42. The van der Waals surface area contributed by atoms with Gasteiger partial charge in [0.25, 0.3) is 0 Å². The van der Waals surface area contributed by atoms with E-state index in [1.165, 1.54) is 0 Å². The second-order valence-electron chi connectivity index (χ2n) is 6.12. The highest BCUT2D eigenvalue weighted by Gasteiger charge is 2.37. The van der Waals surface area contributed by atoms with Gasteiger partial charge < -0.3 is 10.1 Å². The van der Waals surface area contributed by atoms with Crippen molar-refractivity contribution in [3.05, 3.63) is 58.6 Å². The fourth-order valence-electron chi connectivity index (χ4n) is 2.85. The Labute approximate surface area is 166 Å². The third-order valence-corrected chi connectivity index (χ3v) is 4.68. The predicted octanol–water partition coefficient (Wildman–Crippen LogP) is 3.89. The zero-order chi connectivity index (χ0) is 19.4. The number of anilines is 2. The van der Waals surface area contributed by atoms with Crippen LogP contribution in [-0.4, -0.2) is 30.2 Å². The Balaban J connectivity index is 1.85. The fraction of sp³-hybridized carbons (Fsp3) is 0.250. The molecule has 3 rings (SSSR count). The number of hydrogen-bond acceptors (Lipinski definition) is 5. The summed E-state index contributed by atoms with van der Waals surface area (Å²) in [5.74, 6) is -0.721. The summed E-state index contributed by atoms with van der Waals surface area (Å²) in [5.41, 5.74) is 2.65. The summed E-state index contributed by atoms with van der Waals surface area (Å²) in [6, 6.07) is 14.3. The summed E-state index contributed by atoms with van der Waals surface area (Å²) in [6.45, 7) is 3.92. The minimum atomic E-state index is -0.630. The van der Waals surface area contributed by atoms with Crippen molar-refractivity contribution in [2.24, 2.45) is 5.10 Å². The summed E-state index contributed by atoms with van der Waals surface area (Å²) in [5, 5.41) is 8.89. The second-order valence-corrected chi connectivity index (χ2v) is 7.03. The highest BCUT2D eigenvalue weighted by molar-refractivity contribution is 9.10. The Bertz CT molecular complexity index is 883. The molecule has 1 aliphatic heterocycles. The average Bonchev–Trinajstić information content (AvgIpc) is 3.11. The molecule has 0 radical (unpaired) electrons. The molecule has 0 spiro atoms. The number of benzene rings is 2. The zero-order valence-corrected chi connectivity index (χ0v) is 16.7. The molecule has 0 aliphatic carbocycles. The van der Waals surface area contributed by atoms with E-state index >= 15 is 0 Å². The molecule has 1 aliphatic rings. The van der Waals surface area contributed by atoms with Gasteiger partial charge in [-0.15, -0.1) is 0 Å². The predicted molar refractivity (Wildman–Crippen MR) is 109 cm³/mol. The summed E-state index contributed by atoms with van der Waals surface area (Å²) in [4.78, 5) is 25.1. The molecule has 0 fully saturated rings. The van der Waals surface area contributed by atoms with Crippen LogP contribution in [0.2, 0.25) is 0 Å². The first-order chi connectivity index (χ1) is 13.0. The number of esters is 1.